The highest BCUT2D eigenvalue weighted by molar-refractivity contribution is 5.93. The Morgan fingerprint density at radius 1 is 1.73 bits per heavy atom. The maximum atomic E-state index is 10.7. The largest absolute Gasteiger partial charge is 0.290 e. The minimum Gasteiger partial charge on any atom is -0.290 e. The molecule has 0 unspecified atom stereocenters. The molecule has 58 valence electrons. The molecule has 0 aliphatic carbocycles. The fraction of sp³-hybridized carbons (Fsp3) is 0. The van der Waals surface area contributed by atoms with E-state index in [0.717, 1.165) is 6.07 Å². The van der Waals surface area contributed by atoms with Crippen LogP contribution in [0.5, 0.6) is 0 Å². The van der Waals surface area contributed by atoms with Crippen LogP contribution in [0, 0.1) is 0 Å². The van der Waals surface area contributed by atoms with Crippen LogP contribution < -0.4 is 16.8 Å². The molecular weight excluding hydrogens is 148 g/mol. The van der Waals surface area contributed by atoms with Crippen LogP contribution in [0.1, 0.15) is 10.4 Å². The number of rotatable bonds is 1. The van der Waals surface area contributed by atoms with Crippen LogP contribution in [-0.2, 0) is 0 Å². The van der Waals surface area contributed by atoms with E-state index in [9.17, 15) is 9.59 Å². The second kappa shape index (κ2) is 2.93. The van der Waals surface area contributed by atoms with Crippen molar-refractivity contribution < 1.29 is 4.79 Å². The number of nitrogen functional groups attached to an aromatic ring is 1. The van der Waals surface area contributed by atoms with Crippen molar-refractivity contribution in [3.8, 4) is 0 Å². The Balaban J connectivity index is 3.05. The van der Waals surface area contributed by atoms with Crippen LogP contribution in [-0.4, -0.2) is 16.1 Å². The van der Waals surface area contributed by atoms with E-state index in [2.05, 4.69) is 10.2 Å². The van der Waals surface area contributed by atoms with Crippen molar-refractivity contribution in [2.45, 2.75) is 0 Å². The lowest BCUT2D eigenvalue weighted by molar-refractivity contribution is 0.0953. The van der Waals surface area contributed by atoms with E-state index in [1.807, 2.05) is 5.43 Å². The lowest BCUT2D eigenvalue weighted by Gasteiger charge is -1.94. The summed E-state index contributed by atoms with van der Waals surface area (Å²) in [7, 11) is 0. The van der Waals surface area contributed by atoms with Crippen LogP contribution in [0.3, 0.4) is 0 Å². The molecule has 6 heteroatoms. The standard InChI is InChI=1S/C5H6N4O2/c6-8-5(11)3-1-4(10)9-7-2-3/h1-2H,6H2,(H,8,11)(H,9,10). The van der Waals surface area contributed by atoms with E-state index >= 15 is 0 Å². The minimum absolute atomic E-state index is 0.135. The summed E-state index contributed by atoms with van der Waals surface area (Å²) in [5.41, 5.74) is 1.57. The van der Waals surface area contributed by atoms with Gasteiger partial charge in [-0.1, -0.05) is 0 Å². The van der Waals surface area contributed by atoms with Gasteiger partial charge in [0.05, 0.1) is 11.8 Å². The molecule has 0 saturated heterocycles. The number of hydrogen-bond donors (Lipinski definition) is 3. The Morgan fingerprint density at radius 2 is 2.45 bits per heavy atom. The first-order valence-electron chi connectivity index (χ1n) is 2.79. The Bertz CT molecular complexity index is 318. The summed E-state index contributed by atoms with van der Waals surface area (Å²) in [6.07, 6.45) is 1.21. The molecule has 0 aliphatic rings. The van der Waals surface area contributed by atoms with Crippen LogP contribution in [0.15, 0.2) is 17.1 Å². The minimum atomic E-state index is -0.538. The average molecular weight is 154 g/mol. The van der Waals surface area contributed by atoms with Crippen LogP contribution >= 0.6 is 0 Å². The molecular formula is C5H6N4O2. The number of aromatic nitrogens is 2. The monoisotopic (exact) mass is 154 g/mol. The van der Waals surface area contributed by atoms with Gasteiger partial charge in [-0.3, -0.25) is 15.0 Å². The number of nitrogens with one attached hydrogen (secondary N) is 2. The number of aromatic amines is 1. The topological polar surface area (TPSA) is 101 Å². The highest BCUT2D eigenvalue weighted by Gasteiger charge is 2.02. The molecule has 4 N–H and O–H groups in total. The fourth-order valence-electron chi connectivity index (χ4n) is 0.584. The van der Waals surface area contributed by atoms with Gasteiger partial charge >= 0.3 is 0 Å². The summed E-state index contributed by atoms with van der Waals surface area (Å²) in [5, 5.41) is 5.52. The summed E-state index contributed by atoms with van der Waals surface area (Å²) in [5.74, 6) is 4.28. The fourth-order valence-corrected chi connectivity index (χ4v) is 0.584. The summed E-state index contributed by atoms with van der Waals surface area (Å²) in [6, 6.07) is 1.11. The average Bonchev–Trinajstić information content (AvgIpc) is 2.03. The molecule has 1 amide bonds. The van der Waals surface area contributed by atoms with E-state index in [1.165, 1.54) is 6.20 Å². The predicted molar refractivity (Wildman–Crippen MR) is 36.5 cm³/mol. The van der Waals surface area contributed by atoms with Crippen molar-refractivity contribution in [1.29, 1.82) is 0 Å². The van der Waals surface area contributed by atoms with Gasteiger partial charge in [-0.05, 0) is 0 Å². The number of hydrogen-bond acceptors (Lipinski definition) is 4. The Kier molecular flexibility index (Phi) is 1.98. The second-order valence-corrected chi connectivity index (χ2v) is 1.81. The smallest absolute Gasteiger partial charge is 0.267 e. The van der Waals surface area contributed by atoms with E-state index in [1.54, 1.807) is 0 Å². The number of amides is 1. The summed E-state index contributed by atoms with van der Waals surface area (Å²) < 4.78 is 0. The molecule has 1 rings (SSSR count). The quantitative estimate of drug-likeness (QED) is 0.257. The zero-order chi connectivity index (χ0) is 8.27. The molecule has 0 aromatic carbocycles. The van der Waals surface area contributed by atoms with Gasteiger partial charge in [-0.15, -0.1) is 0 Å². The van der Waals surface area contributed by atoms with E-state index in [-0.39, 0.29) is 5.56 Å². The maximum absolute atomic E-state index is 10.7. The molecule has 0 spiro atoms. The number of carbonyl (C=O) groups excluding carboxylic acids is 1. The van der Waals surface area contributed by atoms with Crippen molar-refractivity contribution in [2.24, 2.45) is 5.84 Å². The third-order valence-corrected chi connectivity index (χ3v) is 1.06. The predicted octanol–water partition coefficient (Wildman–Crippen LogP) is -1.63. The van der Waals surface area contributed by atoms with Gasteiger partial charge in [0.2, 0.25) is 0 Å². The number of nitrogens with zero attached hydrogens (tertiary/aromatic N) is 1. The number of H-pyrrole nitrogens is 1. The van der Waals surface area contributed by atoms with E-state index in [0.29, 0.717) is 0 Å². The lowest BCUT2D eigenvalue weighted by atomic mass is 10.3. The Labute approximate surface area is 61.4 Å². The van der Waals surface area contributed by atoms with Crippen molar-refractivity contribution >= 4 is 5.91 Å². The number of carbonyl (C=O) groups is 1. The molecule has 0 atom stereocenters. The van der Waals surface area contributed by atoms with Crippen molar-refractivity contribution in [1.82, 2.24) is 15.6 Å². The van der Waals surface area contributed by atoms with Crippen molar-refractivity contribution in [3.63, 3.8) is 0 Å². The molecule has 0 aliphatic heterocycles. The van der Waals surface area contributed by atoms with Gasteiger partial charge in [0.15, 0.2) is 0 Å². The molecule has 6 nitrogen and oxygen atoms in total. The zero-order valence-corrected chi connectivity index (χ0v) is 5.50. The van der Waals surface area contributed by atoms with Gasteiger partial charge < -0.3 is 0 Å². The molecule has 0 radical (unpaired) electrons. The molecule has 1 heterocycles. The SMILES string of the molecule is NNC(=O)c1cn[nH]c(=O)c1. The van der Waals surface area contributed by atoms with Crippen LogP contribution in [0.2, 0.25) is 0 Å². The molecule has 1 aromatic heterocycles. The number of hydrazine groups is 1. The third-order valence-electron chi connectivity index (χ3n) is 1.06. The first-order valence-corrected chi connectivity index (χ1v) is 2.79. The number of nitrogens with two attached hydrogens (primary N) is 1. The highest BCUT2D eigenvalue weighted by atomic mass is 16.2. The normalized spacial score (nSPS) is 9.18. The molecule has 0 saturated carbocycles. The first-order chi connectivity index (χ1) is 5.24. The van der Waals surface area contributed by atoms with Gasteiger partial charge in [0.1, 0.15) is 0 Å². The van der Waals surface area contributed by atoms with Gasteiger partial charge in [0.25, 0.3) is 11.5 Å². The summed E-state index contributed by atoms with van der Waals surface area (Å²) >= 11 is 0. The van der Waals surface area contributed by atoms with Crippen LogP contribution in [0.4, 0.5) is 0 Å². The second-order valence-electron chi connectivity index (χ2n) is 1.81. The highest BCUT2D eigenvalue weighted by Crippen LogP contribution is 1.87. The third kappa shape index (κ3) is 1.62. The van der Waals surface area contributed by atoms with Gasteiger partial charge in [-0.25, -0.2) is 10.9 Å². The molecule has 1 aromatic rings. The van der Waals surface area contributed by atoms with Crippen molar-refractivity contribution in [3.05, 3.63) is 28.2 Å². The van der Waals surface area contributed by atoms with Crippen LogP contribution in [0.25, 0.3) is 0 Å². The van der Waals surface area contributed by atoms with Gasteiger partial charge in [0, 0.05) is 6.07 Å². The lowest BCUT2D eigenvalue weighted by Crippen LogP contribution is -2.31. The first kappa shape index (κ1) is 7.42. The summed E-state index contributed by atoms with van der Waals surface area (Å²) in [6.45, 7) is 0. The van der Waals surface area contributed by atoms with E-state index < -0.39 is 11.5 Å². The summed E-state index contributed by atoms with van der Waals surface area (Å²) in [4.78, 5) is 21.3. The van der Waals surface area contributed by atoms with Gasteiger partial charge in [-0.2, -0.15) is 5.10 Å². The van der Waals surface area contributed by atoms with Crippen molar-refractivity contribution in [2.75, 3.05) is 0 Å². The molecule has 0 fully saturated rings. The maximum Gasteiger partial charge on any atom is 0.267 e. The van der Waals surface area contributed by atoms with E-state index in [4.69, 9.17) is 5.84 Å². The zero-order valence-electron chi connectivity index (χ0n) is 5.50. The Hall–Kier alpha value is -1.69. The molecule has 0 bridgehead atoms. The molecule has 11 heavy (non-hydrogen) atoms. The Morgan fingerprint density at radius 3 is 3.00 bits per heavy atom.